The Labute approximate surface area is 129 Å². The first-order valence-corrected chi connectivity index (χ1v) is 6.89. The van der Waals surface area contributed by atoms with Gasteiger partial charge in [-0.15, -0.1) is 0 Å². The lowest BCUT2D eigenvalue weighted by atomic mass is 10.1. The van der Waals surface area contributed by atoms with Crippen LogP contribution in [0.4, 0.5) is 5.69 Å². The average molecular weight is 311 g/mol. The molecule has 1 aromatic carbocycles. The standard InChI is InChI=1S/C15H19ClN2O3/c1-10(2)17-14(19)9-18(3)13-6-4-5-12(16)11(13)7-8-15(20)21/h4-8,10H,9H2,1-3H3,(H,17,19)(H,20,21). The number of hydrogen-bond donors (Lipinski definition) is 2. The number of hydrogen-bond acceptors (Lipinski definition) is 3. The van der Waals surface area contributed by atoms with Gasteiger partial charge in [-0.2, -0.15) is 0 Å². The summed E-state index contributed by atoms with van der Waals surface area (Å²) in [6.07, 6.45) is 2.45. The van der Waals surface area contributed by atoms with E-state index in [-0.39, 0.29) is 18.5 Å². The Bertz CT molecular complexity index is 556. The van der Waals surface area contributed by atoms with Gasteiger partial charge in [-0.3, -0.25) is 4.79 Å². The van der Waals surface area contributed by atoms with E-state index in [1.54, 1.807) is 30.1 Å². The first kappa shape index (κ1) is 17.0. The zero-order valence-electron chi connectivity index (χ0n) is 12.3. The number of anilines is 1. The van der Waals surface area contributed by atoms with Crippen LogP contribution in [-0.2, 0) is 9.59 Å². The van der Waals surface area contributed by atoms with Crippen molar-refractivity contribution in [2.75, 3.05) is 18.5 Å². The fourth-order valence-electron chi connectivity index (χ4n) is 1.85. The number of carbonyl (C=O) groups is 2. The Hall–Kier alpha value is -2.01. The lowest BCUT2D eigenvalue weighted by molar-refractivity contribution is -0.131. The highest BCUT2D eigenvalue weighted by Gasteiger charge is 2.13. The summed E-state index contributed by atoms with van der Waals surface area (Å²) in [6.45, 7) is 3.93. The molecule has 0 aliphatic heterocycles. The predicted molar refractivity (Wildman–Crippen MR) is 84.7 cm³/mol. The van der Waals surface area contributed by atoms with E-state index in [0.29, 0.717) is 16.3 Å². The molecule has 6 heteroatoms. The van der Waals surface area contributed by atoms with Gasteiger partial charge in [0.05, 0.1) is 6.54 Å². The Morgan fingerprint density at radius 2 is 2.10 bits per heavy atom. The third kappa shape index (κ3) is 5.47. The fourth-order valence-corrected chi connectivity index (χ4v) is 2.08. The minimum atomic E-state index is -1.05. The molecule has 0 aliphatic rings. The van der Waals surface area contributed by atoms with Gasteiger partial charge in [-0.05, 0) is 32.1 Å². The van der Waals surface area contributed by atoms with Crippen LogP contribution in [0.15, 0.2) is 24.3 Å². The number of amides is 1. The molecule has 0 saturated heterocycles. The number of carboxylic acids is 1. The molecule has 5 nitrogen and oxygen atoms in total. The zero-order valence-corrected chi connectivity index (χ0v) is 13.0. The van der Waals surface area contributed by atoms with Crippen molar-refractivity contribution in [1.29, 1.82) is 0 Å². The van der Waals surface area contributed by atoms with E-state index in [1.807, 2.05) is 13.8 Å². The quantitative estimate of drug-likeness (QED) is 0.792. The topological polar surface area (TPSA) is 69.6 Å². The van der Waals surface area contributed by atoms with E-state index in [4.69, 9.17) is 16.7 Å². The van der Waals surface area contributed by atoms with Gasteiger partial charge in [0, 0.05) is 35.4 Å². The van der Waals surface area contributed by atoms with Gasteiger partial charge in [-0.25, -0.2) is 4.79 Å². The van der Waals surface area contributed by atoms with Crippen LogP contribution in [0.25, 0.3) is 6.08 Å². The molecule has 0 fully saturated rings. The molecule has 2 N–H and O–H groups in total. The normalized spacial score (nSPS) is 10.9. The number of halogens is 1. The Morgan fingerprint density at radius 3 is 2.67 bits per heavy atom. The smallest absolute Gasteiger partial charge is 0.328 e. The van der Waals surface area contributed by atoms with Crippen molar-refractivity contribution < 1.29 is 14.7 Å². The van der Waals surface area contributed by atoms with Crippen LogP contribution < -0.4 is 10.2 Å². The molecule has 0 radical (unpaired) electrons. The monoisotopic (exact) mass is 310 g/mol. The van der Waals surface area contributed by atoms with Crippen molar-refractivity contribution in [2.45, 2.75) is 19.9 Å². The number of rotatable bonds is 6. The van der Waals surface area contributed by atoms with Crippen molar-refractivity contribution in [1.82, 2.24) is 5.32 Å². The van der Waals surface area contributed by atoms with E-state index >= 15 is 0 Å². The summed E-state index contributed by atoms with van der Waals surface area (Å²) in [4.78, 5) is 24.2. The van der Waals surface area contributed by atoms with Crippen molar-refractivity contribution in [2.24, 2.45) is 0 Å². The molecule has 0 atom stereocenters. The van der Waals surface area contributed by atoms with E-state index in [9.17, 15) is 9.59 Å². The number of likely N-dealkylation sites (N-methyl/N-ethyl adjacent to an activating group) is 1. The summed E-state index contributed by atoms with van der Waals surface area (Å²) < 4.78 is 0. The van der Waals surface area contributed by atoms with Crippen molar-refractivity contribution >= 4 is 35.2 Å². The third-order valence-corrected chi connectivity index (χ3v) is 2.99. The summed E-state index contributed by atoms with van der Waals surface area (Å²) in [5.41, 5.74) is 1.26. The lowest BCUT2D eigenvalue weighted by Gasteiger charge is -2.22. The number of carbonyl (C=O) groups excluding carboxylic acids is 1. The van der Waals surface area contributed by atoms with Crippen molar-refractivity contribution in [3.63, 3.8) is 0 Å². The first-order valence-electron chi connectivity index (χ1n) is 6.51. The molecule has 114 valence electrons. The number of carboxylic acid groups (broad SMARTS) is 1. The summed E-state index contributed by atoms with van der Waals surface area (Å²) >= 11 is 6.11. The van der Waals surface area contributed by atoms with E-state index in [2.05, 4.69) is 5.32 Å². The van der Waals surface area contributed by atoms with Crippen LogP contribution in [-0.4, -0.2) is 36.6 Å². The number of benzene rings is 1. The highest BCUT2D eigenvalue weighted by molar-refractivity contribution is 6.32. The molecular weight excluding hydrogens is 292 g/mol. The second-order valence-corrected chi connectivity index (χ2v) is 5.33. The molecule has 1 amide bonds. The van der Waals surface area contributed by atoms with Gasteiger partial charge in [-0.1, -0.05) is 17.7 Å². The summed E-state index contributed by atoms with van der Waals surface area (Å²) in [7, 11) is 1.75. The van der Waals surface area contributed by atoms with Gasteiger partial charge >= 0.3 is 5.97 Å². The maximum atomic E-state index is 11.8. The number of nitrogens with one attached hydrogen (secondary N) is 1. The molecule has 1 aromatic rings. The van der Waals surface area contributed by atoms with E-state index < -0.39 is 5.97 Å². The van der Waals surface area contributed by atoms with Crippen LogP contribution in [0, 0.1) is 0 Å². The Kier molecular flexibility index (Phi) is 6.24. The molecule has 0 spiro atoms. The Balaban J connectivity index is 2.98. The van der Waals surface area contributed by atoms with Crippen LogP contribution in [0.5, 0.6) is 0 Å². The van der Waals surface area contributed by atoms with Crippen molar-refractivity contribution in [3.8, 4) is 0 Å². The predicted octanol–water partition coefficient (Wildman–Crippen LogP) is 2.40. The van der Waals surface area contributed by atoms with Gasteiger partial charge in [0.25, 0.3) is 0 Å². The second kappa shape index (κ2) is 7.69. The molecule has 0 aliphatic carbocycles. The highest BCUT2D eigenvalue weighted by atomic mass is 35.5. The van der Waals surface area contributed by atoms with Gasteiger partial charge in [0.2, 0.25) is 5.91 Å². The molecule has 21 heavy (non-hydrogen) atoms. The average Bonchev–Trinajstić information content (AvgIpc) is 2.35. The number of nitrogens with zero attached hydrogens (tertiary/aromatic N) is 1. The number of aliphatic carboxylic acids is 1. The summed E-state index contributed by atoms with van der Waals surface area (Å²) in [5.74, 6) is -1.17. The Morgan fingerprint density at radius 1 is 1.43 bits per heavy atom. The lowest BCUT2D eigenvalue weighted by Crippen LogP contribution is -2.38. The maximum Gasteiger partial charge on any atom is 0.328 e. The highest BCUT2D eigenvalue weighted by Crippen LogP contribution is 2.28. The molecular formula is C15H19ClN2O3. The van der Waals surface area contributed by atoms with Crippen LogP contribution in [0.1, 0.15) is 19.4 Å². The second-order valence-electron chi connectivity index (χ2n) is 4.92. The first-order chi connectivity index (χ1) is 9.81. The molecule has 0 unspecified atom stereocenters. The van der Waals surface area contributed by atoms with Crippen LogP contribution >= 0.6 is 11.6 Å². The van der Waals surface area contributed by atoms with Crippen molar-refractivity contribution in [3.05, 3.63) is 34.9 Å². The molecule has 1 rings (SSSR count). The minimum Gasteiger partial charge on any atom is -0.478 e. The summed E-state index contributed by atoms with van der Waals surface area (Å²) in [5, 5.41) is 12.0. The zero-order chi connectivity index (χ0) is 16.0. The SMILES string of the molecule is CC(C)NC(=O)CN(C)c1cccc(Cl)c1C=CC(=O)O. The summed E-state index contributed by atoms with van der Waals surface area (Å²) in [6, 6.07) is 5.29. The van der Waals surface area contributed by atoms with E-state index in [0.717, 1.165) is 6.08 Å². The minimum absolute atomic E-state index is 0.0663. The molecule has 0 aromatic heterocycles. The third-order valence-electron chi connectivity index (χ3n) is 2.66. The van der Waals surface area contributed by atoms with Crippen LogP contribution in [0.2, 0.25) is 5.02 Å². The van der Waals surface area contributed by atoms with Gasteiger partial charge < -0.3 is 15.3 Å². The fraction of sp³-hybridized carbons (Fsp3) is 0.333. The largest absolute Gasteiger partial charge is 0.478 e. The molecule has 0 bridgehead atoms. The van der Waals surface area contributed by atoms with Gasteiger partial charge in [0.15, 0.2) is 0 Å². The van der Waals surface area contributed by atoms with E-state index in [1.165, 1.54) is 6.08 Å². The molecule has 0 heterocycles. The van der Waals surface area contributed by atoms with Gasteiger partial charge in [0.1, 0.15) is 0 Å². The molecule has 0 saturated carbocycles. The van der Waals surface area contributed by atoms with Crippen LogP contribution in [0.3, 0.4) is 0 Å². The maximum absolute atomic E-state index is 11.8.